The van der Waals surface area contributed by atoms with Gasteiger partial charge in [-0.05, 0) is 44.5 Å². The average Bonchev–Trinajstić information content (AvgIpc) is 2.70. The minimum atomic E-state index is 0.660. The number of likely N-dealkylation sites (tertiary alicyclic amines) is 1. The van der Waals surface area contributed by atoms with Gasteiger partial charge in [-0.1, -0.05) is 4.49 Å². The monoisotopic (exact) mass is 212 g/mol. The first-order valence-electron chi connectivity index (χ1n) is 5.02. The Morgan fingerprint density at radius 3 is 3.00 bits per heavy atom. The van der Waals surface area contributed by atoms with Gasteiger partial charge in [-0.3, -0.25) is 0 Å². The Hall–Kier alpha value is -0.520. The van der Waals surface area contributed by atoms with Gasteiger partial charge in [-0.25, -0.2) is 0 Å². The van der Waals surface area contributed by atoms with Crippen molar-refractivity contribution in [3.8, 4) is 0 Å². The van der Waals surface area contributed by atoms with Crippen LogP contribution in [0.5, 0.6) is 0 Å². The minimum absolute atomic E-state index is 0.660. The van der Waals surface area contributed by atoms with Crippen molar-refractivity contribution < 1.29 is 0 Å². The summed E-state index contributed by atoms with van der Waals surface area (Å²) >= 11 is 1.42. The van der Waals surface area contributed by atoms with E-state index in [1.165, 1.54) is 37.5 Å². The zero-order valence-electron chi connectivity index (χ0n) is 8.44. The van der Waals surface area contributed by atoms with Gasteiger partial charge in [-0.2, -0.15) is 0 Å². The van der Waals surface area contributed by atoms with E-state index in [0.717, 1.165) is 12.2 Å². The van der Waals surface area contributed by atoms with Crippen LogP contribution in [0.1, 0.15) is 18.5 Å². The molecule has 1 aromatic heterocycles. The van der Waals surface area contributed by atoms with E-state index in [-0.39, 0.29) is 0 Å². The van der Waals surface area contributed by atoms with Crippen molar-refractivity contribution in [2.45, 2.75) is 25.4 Å². The number of hydrogen-bond donors (Lipinski definition) is 1. The molecule has 0 saturated carbocycles. The molecule has 1 aliphatic rings. The maximum atomic E-state index is 4.01. The SMILES string of the molecule is CN1CCC(NCc2csnn2)CC1. The van der Waals surface area contributed by atoms with E-state index >= 15 is 0 Å². The van der Waals surface area contributed by atoms with Crippen LogP contribution in [-0.2, 0) is 6.54 Å². The molecule has 0 bridgehead atoms. The summed E-state index contributed by atoms with van der Waals surface area (Å²) in [6.45, 7) is 3.27. The molecule has 0 aromatic carbocycles. The van der Waals surface area contributed by atoms with Gasteiger partial charge in [0.15, 0.2) is 0 Å². The predicted molar refractivity (Wildman–Crippen MR) is 57.3 cm³/mol. The minimum Gasteiger partial charge on any atom is -0.308 e. The Kier molecular flexibility index (Phi) is 3.44. The second-order valence-corrected chi connectivity index (χ2v) is 4.46. The summed E-state index contributed by atoms with van der Waals surface area (Å²) in [4.78, 5) is 2.38. The lowest BCUT2D eigenvalue weighted by molar-refractivity contribution is 0.233. The molecule has 0 amide bonds. The zero-order valence-corrected chi connectivity index (χ0v) is 9.26. The molecule has 14 heavy (non-hydrogen) atoms. The molecule has 0 radical (unpaired) electrons. The smallest absolute Gasteiger partial charge is 0.0893 e. The molecule has 0 atom stereocenters. The number of nitrogens with zero attached hydrogens (tertiary/aromatic N) is 3. The molecular formula is C9H16N4S. The number of aromatic nitrogens is 2. The van der Waals surface area contributed by atoms with Crippen LogP contribution in [0.3, 0.4) is 0 Å². The van der Waals surface area contributed by atoms with Crippen molar-refractivity contribution in [1.82, 2.24) is 19.8 Å². The van der Waals surface area contributed by atoms with Crippen molar-refractivity contribution in [2.24, 2.45) is 0 Å². The second kappa shape index (κ2) is 4.82. The standard InChI is InChI=1S/C9H16N4S/c1-13-4-2-8(3-5-13)10-6-9-7-14-12-11-9/h7-8,10H,2-6H2,1H3. The first-order chi connectivity index (χ1) is 6.84. The number of hydrogen-bond acceptors (Lipinski definition) is 5. The summed E-state index contributed by atoms with van der Waals surface area (Å²) in [5.41, 5.74) is 1.06. The molecule has 1 aromatic rings. The van der Waals surface area contributed by atoms with Gasteiger partial charge >= 0.3 is 0 Å². The van der Waals surface area contributed by atoms with Crippen molar-refractivity contribution in [2.75, 3.05) is 20.1 Å². The van der Waals surface area contributed by atoms with Crippen LogP contribution in [-0.4, -0.2) is 40.7 Å². The molecule has 1 N–H and O–H groups in total. The van der Waals surface area contributed by atoms with Crippen molar-refractivity contribution in [3.63, 3.8) is 0 Å². The van der Waals surface area contributed by atoms with Gasteiger partial charge in [0.2, 0.25) is 0 Å². The fourth-order valence-electron chi connectivity index (χ4n) is 1.72. The lowest BCUT2D eigenvalue weighted by atomic mass is 10.1. The Labute approximate surface area is 88.5 Å². The maximum Gasteiger partial charge on any atom is 0.0893 e. The number of rotatable bonds is 3. The molecular weight excluding hydrogens is 196 g/mol. The molecule has 5 heteroatoms. The maximum absolute atomic E-state index is 4.01. The van der Waals surface area contributed by atoms with Crippen molar-refractivity contribution in [1.29, 1.82) is 0 Å². The average molecular weight is 212 g/mol. The molecule has 4 nitrogen and oxygen atoms in total. The van der Waals surface area contributed by atoms with Gasteiger partial charge in [-0.15, -0.1) is 5.10 Å². The highest BCUT2D eigenvalue weighted by molar-refractivity contribution is 7.03. The summed E-state index contributed by atoms with van der Waals surface area (Å²) in [5, 5.41) is 9.54. The Bertz CT molecular complexity index is 254. The molecule has 2 heterocycles. The van der Waals surface area contributed by atoms with E-state index in [1.54, 1.807) is 0 Å². The van der Waals surface area contributed by atoms with E-state index in [4.69, 9.17) is 0 Å². The Balaban J connectivity index is 1.71. The van der Waals surface area contributed by atoms with Crippen LogP contribution >= 0.6 is 11.5 Å². The van der Waals surface area contributed by atoms with E-state index < -0.39 is 0 Å². The van der Waals surface area contributed by atoms with Crippen LogP contribution < -0.4 is 5.32 Å². The highest BCUT2D eigenvalue weighted by Crippen LogP contribution is 2.08. The van der Waals surface area contributed by atoms with Crippen LogP contribution in [0, 0.1) is 0 Å². The summed E-state index contributed by atoms with van der Waals surface area (Å²) in [6, 6.07) is 0.660. The third-order valence-electron chi connectivity index (χ3n) is 2.70. The first kappa shape index (κ1) is 10.0. The molecule has 1 fully saturated rings. The first-order valence-corrected chi connectivity index (χ1v) is 5.86. The van der Waals surface area contributed by atoms with Crippen LogP contribution in [0.15, 0.2) is 5.38 Å². The summed E-state index contributed by atoms with van der Waals surface area (Å²) in [7, 11) is 2.18. The Morgan fingerprint density at radius 2 is 2.36 bits per heavy atom. The van der Waals surface area contributed by atoms with Gasteiger partial charge in [0.1, 0.15) is 0 Å². The van der Waals surface area contributed by atoms with E-state index in [2.05, 4.69) is 26.9 Å². The third-order valence-corrected chi connectivity index (χ3v) is 3.25. The molecule has 0 unspecified atom stereocenters. The van der Waals surface area contributed by atoms with E-state index in [9.17, 15) is 0 Å². The lowest BCUT2D eigenvalue weighted by Gasteiger charge is -2.29. The molecule has 78 valence electrons. The van der Waals surface area contributed by atoms with Gasteiger partial charge in [0, 0.05) is 18.0 Å². The summed E-state index contributed by atoms with van der Waals surface area (Å²) in [6.07, 6.45) is 2.49. The molecule has 2 rings (SSSR count). The summed E-state index contributed by atoms with van der Waals surface area (Å²) in [5.74, 6) is 0. The number of nitrogens with one attached hydrogen (secondary N) is 1. The fraction of sp³-hybridized carbons (Fsp3) is 0.778. The molecule has 0 spiro atoms. The van der Waals surface area contributed by atoms with Crippen molar-refractivity contribution in [3.05, 3.63) is 11.1 Å². The lowest BCUT2D eigenvalue weighted by Crippen LogP contribution is -2.40. The third kappa shape index (κ3) is 2.73. The van der Waals surface area contributed by atoms with Crippen LogP contribution in [0.25, 0.3) is 0 Å². The van der Waals surface area contributed by atoms with Crippen LogP contribution in [0.4, 0.5) is 0 Å². The van der Waals surface area contributed by atoms with Crippen molar-refractivity contribution >= 4 is 11.5 Å². The molecule has 0 aliphatic carbocycles. The normalized spacial score (nSPS) is 20.1. The molecule has 1 saturated heterocycles. The zero-order chi connectivity index (χ0) is 9.80. The van der Waals surface area contributed by atoms with E-state index in [0.29, 0.717) is 6.04 Å². The van der Waals surface area contributed by atoms with Gasteiger partial charge in [0.05, 0.1) is 5.69 Å². The second-order valence-electron chi connectivity index (χ2n) is 3.85. The number of piperidine rings is 1. The largest absolute Gasteiger partial charge is 0.308 e. The Morgan fingerprint density at radius 1 is 1.57 bits per heavy atom. The quantitative estimate of drug-likeness (QED) is 0.801. The van der Waals surface area contributed by atoms with Gasteiger partial charge < -0.3 is 10.2 Å². The highest BCUT2D eigenvalue weighted by Gasteiger charge is 2.15. The molecule has 1 aliphatic heterocycles. The fourth-order valence-corrected chi connectivity index (χ4v) is 2.17. The highest BCUT2D eigenvalue weighted by atomic mass is 32.1. The van der Waals surface area contributed by atoms with Crippen LogP contribution in [0.2, 0.25) is 0 Å². The summed E-state index contributed by atoms with van der Waals surface area (Å²) < 4.78 is 3.84. The topological polar surface area (TPSA) is 41.0 Å². The van der Waals surface area contributed by atoms with E-state index in [1.807, 2.05) is 5.38 Å². The predicted octanol–water partition coefficient (Wildman–Crippen LogP) is 0.722. The van der Waals surface area contributed by atoms with Gasteiger partial charge in [0.25, 0.3) is 0 Å².